The van der Waals surface area contributed by atoms with E-state index in [1.165, 1.54) is 11.1 Å². The molecule has 0 spiro atoms. The monoisotopic (exact) mass is 411 g/mol. The number of rotatable bonds is 6. The van der Waals surface area contributed by atoms with Crippen LogP contribution in [0.4, 0.5) is 5.69 Å². The van der Waals surface area contributed by atoms with Gasteiger partial charge in [-0.1, -0.05) is 17.7 Å². The van der Waals surface area contributed by atoms with Crippen LogP contribution in [0, 0.1) is 6.92 Å². The molecule has 1 amide bonds. The molecule has 0 unspecified atom stereocenters. The molecule has 2 aromatic rings. The molecule has 2 heterocycles. The van der Waals surface area contributed by atoms with Gasteiger partial charge < -0.3 is 19.5 Å². The zero-order chi connectivity index (χ0) is 20.9. The third kappa shape index (κ3) is 5.04. The summed E-state index contributed by atoms with van der Waals surface area (Å²) < 4.78 is 16.6. The van der Waals surface area contributed by atoms with Crippen LogP contribution in [0.5, 0.6) is 17.2 Å². The van der Waals surface area contributed by atoms with Crippen LogP contribution in [0.15, 0.2) is 36.4 Å². The minimum Gasteiger partial charge on any atom is -0.496 e. The highest BCUT2D eigenvalue weighted by Gasteiger charge is 2.20. The smallest absolute Gasteiger partial charge is 0.238 e. The molecule has 4 rings (SSSR count). The first-order chi connectivity index (χ1) is 14.6. The summed E-state index contributed by atoms with van der Waals surface area (Å²) in [6.07, 6.45) is 0. The summed E-state index contributed by atoms with van der Waals surface area (Å²) in [4.78, 5) is 17.1. The molecule has 2 aliphatic rings. The summed E-state index contributed by atoms with van der Waals surface area (Å²) in [7, 11) is 1.71. The Morgan fingerprint density at radius 2 is 1.73 bits per heavy atom. The van der Waals surface area contributed by atoms with E-state index in [9.17, 15) is 4.79 Å². The topological polar surface area (TPSA) is 63.3 Å². The fourth-order valence-corrected chi connectivity index (χ4v) is 3.90. The van der Waals surface area contributed by atoms with E-state index in [2.05, 4.69) is 34.2 Å². The number of nitrogens with one attached hydrogen (secondary N) is 1. The largest absolute Gasteiger partial charge is 0.496 e. The first-order valence-corrected chi connectivity index (χ1v) is 10.4. The van der Waals surface area contributed by atoms with E-state index < -0.39 is 0 Å². The minimum absolute atomic E-state index is 0.0134. The van der Waals surface area contributed by atoms with Crippen LogP contribution in [-0.2, 0) is 11.3 Å². The predicted molar refractivity (Wildman–Crippen MR) is 116 cm³/mol. The van der Waals surface area contributed by atoms with Crippen molar-refractivity contribution in [2.45, 2.75) is 13.5 Å². The van der Waals surface area contributed by atoms with Gasteiger partial charge in [-0.25, -0.2) is 0 Å². The van der Waals surface area contributed by atoms with Gasteiger partial charge in [-0.05, 0) is 25.1 Å². The minimum atomic E-state index is -0.0134. The van der Waals surface area contributed by atoms with Gasteiger partial charge in [0.05, 0.1) is 13.7 Å². The first-order valence-electron chi connectivity index (χ1n) is 10.4. The summed E-state index contributed by atoms with van der Waals surface area (Å²) in [5.41, 5.74) is 3.18. The molecule has 2 aliphatic heterocycles. The number of fused-ring (bicyclic) bond motifs is 1. The third-order valence-corrected chi connectivity index (χ3v) is 5.49. The Hall–Kier alpha value is -2.77. The molecule has 0 saturated carbocycles. The van der Waals surface area contributed by atoms with Crippen molar-refractivity contribution in [2.75, 3.05) is 58.4 Å². The van der Waals surface area contributed by atoms with Gasteiger partial charge in [-0.2, -0.15) is 0 Å². The Morgan fingerprint density at radius 1 is 1.00 bits per heavy atom. The number of amides is 1. The number of ether oxygens (including phenoxy) is 3. The van der Waals surface area contributed by atoms with Crippen molar-refractivity contribution in [2.24, 2.45) is 0 Å². The van der Waals surface area contributed by atoms with Gasteiger partial charge in [0.1, 0.15) is 19.0 Å². The van der Waals surface area contributed by atoms with E-state index in [4.69, 9.17) is 14.2 Å². The summed E-state index contributed by atoms with van der Waals surface area (Å²) in [6.45, 7) is 8.01. The van der Waals surface area contributed by atoms with Crippen LogP contribution in [0.2, 0.25) is 0 Å². The molecule has 0 aromatic heterocycles. The molecule has 0 bridgehead atoms. The van der Waals surface area contributed by atoms with Gasteiger partial charge in [-0.15, -0.1) is 0 Å². The fourth-order valence-electron chi connectivity index (χ4n) is 3.90. The quantitative estimate of drug-likeness (QED) is 0.788. The summed E-state index contributed by atoms with van der Waals surface area (Å²) in [6, 6.07) is 11.8. The molecular formula is C23H29N3O4. The number of benzene rings is 2. The second-order valence-corrected chi connectivity index (χ2v) is 7.77. The summed E-state index contributed by atoms with van der Waals surface area (Å²) >= 11 is 0. The van der Waals surface area contributed by atoms with Crippen LogP contribution in [-0.4, -0.2) is 68.8 Å². The maximum absolute atomic E-state index is 12.5. The summed E-state index contributed by atoms with van der Waals surface area (Å²) in [5.74, 6) is 2.32. The molecule has 0 radical (unpaired) electrons. The molecule has 30 heavy (non-hydrogen) atoms. The highest BCUT2D eigenvalue weighted by atomic mass is 16.6. The number of carbonyl (C=O) groups excluding carboxylic acids is 1. The van der Waals surface area contributed by atoms with E-state index in [0.29, 0.717) is 25.5 Å². The summed E-state index contributed by atoms with van der Waals surface area (Å²) in [5, 5.41) is 2.97. The lowest BCUT2D eigenvalue weighted by atomic mass is 10.1. The van der Waals surface area contributed by atoms with Gasteiger partial charge in [-0.3, -0.25) is 14.6 Å². The van der Waals surface area contributed by atoms with Gasteiger partial charge >= 0.3 is 0 Å². The van der Waals surface area contributed by atoms with Crippen molar-refractivity contribution >= 4 is 11.6 Å². The lowest BCUT2D eigenvalue weighted by Gasteiger charge is -2.34. The van der Waals surface area contributed by atoms with Crippen LogP contribution >= 0.6 is 0 Å². The number of hydrogen-bond acceptors (Lipinski definition) is 6. The molecule has 1 fully saturated rings. The van der Waals surface area contributed by atoms with Crippen molar-refractivity contribution in [1.82, 2.24) is 9.80 Å². The molecule has 2 aromatic carbocycles. The number of hydrogen-bond donors (Lipinski definition) is 1. The molecule has 0 atom stereocenters. The average Bonchev–Trinajstić information content (AvgIpc) is 2.75. The Kier molecular flexibility index (Phi) is 6.40. The second kappa shape index (κ2) is 9.36. The maximum Gasteiger partial charge on any atom is 0.238 e. The van der Waals surface area contributed by atoms with E-state index in [0.717, 1.165) is 49.9 Å². The van der Waals surface area contributed by atoms with E-state index in [1.54, 1.807) is 7.11 Å². The predicted octanol–water partition coefficient (Wildman–Crippen LogP) is 2.53. The zero-order valence-electron chi connectivity index (χ0n) is 17.6. The third-order valence-electron chi connectivity index (χ3n) is 5.49. The van der Waals surface area contributed by atoms with Crippen molar-refractivity contribution in [3.63, 3.8) is 0 Å². The van der Waals surface area contributed by atoms with Crippen molar-refractivity contribution in [3.8, 4) is 17.2 Å². The maximum atomic E-state index is 12.5. The lowest BCUT2D eigenvalue weighted by molar-refractivity contribution is -0.117. The van der Waals surface area contributed by atoms with Gasteiger partial charge in [0, 0.05) is 50.0 Å². The molecule has 1 saturated heterocycles. The number of methoxy groups -OCH3 is 1. The molecule has 1 N–H and O–H groups in total. The fraction of sp³-hybridized carbons (Fsp3) is 0.435. The van der Waals surface area contributed by atoms with Crippen LogP contribution in [0.1, 0.15) is 11.1 Å². The van der Waals surface area contributed by atoms with Gasteiger partial charge in [0.15, 0.2) is 11.5 Å². The van der Waals surface area contributed by atoms with E-state index in [-0.39, 0.29) is 5.91 Å². The SMILES string of the molecule is COc1ccc(C)cc1CN1CCN(CC(=O)Nc2ccc3c(c2)OCCO3)CC1. The zero-order valence-corrected chi connectivity index (χ0v) is 17.6. The molecule has 0 aliphatic carbocycles. The number of nitrogens with zero attached hydrogens (tertiary/aromatic N) is 2. The van der Waals surface area contributed by atoms with E-state index >= 15 is 0 Å². The molecule has 7 nitrogen and oxygen atoms in total. The Morgan fingerprint density at radius 3 is 2.50 bits per heavy atom. The van der Waals surface area contributed by atoms with E-state index in [1.807, 2.05) is 24.3 Å². The molecule has 160 valence electrons. The second-order valence-electron chi connectivity index (χ2n) is 7.77. The number of carbonyl (C=O) groups is 1. The number of piperazine rings is 1. The number of anilines is 1. The van der Waals surface area contributed by atoms with Crippen molar-refractivity contribution in [1.29, 1.82) is 0 Å². The van der Waals surface area contributed by atoms with Crippen molar-refractivity contribution < 1.29 is 19.0 Å². The normalized spacial score (nSPS) is 16.9. The van der Waals surface area contributed by atoms with Crippen LogP contribution < -0.4 is 19.5 Å². The molecule has 7 heteroatoms. The highest BCUT2D eigenvalue weighted by molar-refractivity contribution is 5.92. The Labute approximate surface area is 177 Å². The first kappa shape index (κ1) is 20.5. The Bertz CT molecular complexity index is 894. The van der Waals surface area contributed by atoms with Gasteiger partial charge in [0.2, 0.25) is 5.91 Å². The Balaban J connectivity index is 1.26. The highest BCUT2D eigenvalue weighted by Crippen LogP contribution is 2.32. The standard InChI is InChI=1S/C23H29N3O4/c1-17-3-5-20(28-2)18(13-17)15-25-7-9-26(10-8-25)16-23(27)24-19-4-6-21-22(14-19)30-12-11-29-21/h3-6,13-14H,7-12,15-16H2,1-2H3,(H,24,27). The molecular weight excluding hydrogens is 382 g/mol. The van der Waals surface area contributed by atoms with Gasteiger partial charge in [0.25, 0.3) is 0 Å². The van der Waals surface area contributed by atoms with Crippen LogP contribution in [0.25, 0.3) is 0 Å². The average molecular weight is 412 g/mol. The number of aryl methyl sites for hydroxylation is 1. The van der Waals surface area contributed by atoms with Crippen molar-refractivity contribution in [3.05, 3.63) is 47.5 Å². The van der Waals surface area contributed by atoms with Crippen LogP contribution in [0.3, 0.4) is 0 Å². The lowest BCUT2D eigenvalue weighted by Crippen LogP contribution is -2.48.